The van der Waals surface area contributed by atoms with Crippen molar-refractivity contribution in [3.8, 4) is 45.6 Å². The topological polar surface area (TPSA) is 147 Å². The van der Waals surface area contributed by atoms with Crippen molar-refractivity contribution in [1.82, 2.24) is 4.98 Å². The molecule has 0 saturated heterocycles. The van der Waals surface area contributed by atoms with Crippen molar-refractivity contribution in [2.24, 2.45) is 4.99 Å². The van der Waals surface area contributed by atoms with E-state index in [0.717, 1.165) is 0 Å². The van der Waals surface area contributed by atoms with Crippen molar-refractivity contribution < 1.29 is 30.6 Å². The number of hydrogen-bond acceptors (Lipinski definition) is 8. The zero-order chi connectivity index (χ0) is 30.6. The Bertz CT molecular complexity index is 1910. The second-order valence-corrected chi connectivity index (χ2v) is 11.3. The Balaban J connectivity index is 1.91. The van der Waals surface area contributed by atoms with Gasteiger partial charge < -0.3 is 30.6 Å². The molecule has 1 heterocycles. The SMILES string of the molecule is Cc1cc2c(C(C)C)c(O)c(O)cc2c(O)c1-c1c(C)cc2c(C(C)C)c(O)c(O)c(/C=N/c3ccncc3)c2c1O. The van der Waals surface area contributed by atoms with E-state index >= 15 is 0 Å². The summed E-state index contributed by atoms with van der Waals surface area (Å²) in [6, 6.07) is 8.32. The first-order valence-electron chi connectivity index (χ1n) is 13.7. The Morgan fingerprint density at radius 1 is 0.643 bits per heavy atom. The standard InChI is InChI=1S/C34H34N2O6/c1-15(2)25-20-11-17(5)27(30(38)21(20)13-24(37)32(25)40)28-18(6)12-22-26(16(3)4)34(42)31(39)23(29(22)33(28)41)14-36-19-7-9-35-10-8-19/h7-16,37-42H,1-6H3/b36-14+. The first-order chi connectivity index (χ1) is 19.8. The van der Waals surface area contributed by atoms with Crippen LogP contribution in [0.3, 0.4) is 0 Å². The first-order valence-corrected chi connectivity index (χ1v) is 13.7. The van der Waals surface area contributed by atoms with Crippen LogP contribution < -0.4 is 0 Å². The molecule has 42 heavy (non-hydrogen) atoms. The second kappa shape index (κ2) is 10.4. The molecule has 0 bridgehead atoms. The molecule has 5 rings (SSSR count). The number of phenols is 6. The summed E-state index contributed by atoms with van der Waals surface area (Å²) in [5.41, 5.74) is 3.57. The smallest absolute Gasteiger partial charge is 0.167 e. The van der Waals surface area contributed by atoms with Crippen LogP contribution in [0.2, 0.25) is 0 Å². The van der Waals surface area contributed by atoms with E-state index in [9.17, 15) is 30.6 Å². The van der Waals surface area contributed by atoms with Crippen LogP contribution in [0.4, 0.5) is 5.69 Å². The molecule has 0 unspecified atom stereocenters. The molecule has 0 aliphatic rings. The Morgan fingerprint density at radius 3 is 1.79 bits per heavy atom. The summed E-state index contributed by atoms with van der Waals surface area (Å²) < 4.78 is 0. The molecule has 0 atom stereocenters. The Kier molecular flexibility index (Phi) is 7.10. The highest BCUT2D eigenvalue weighted by Crippen LogP contribution is 2.53. The molecule has 0 aliphatic carbocycles. The zero-order valence-electron chi connectivity index (χ0n) is 24.4. The Morgan fingerprint density at radius 2 is 1.19 bits per heavy atom. The van der Waals surface area contributed by atoms with E-state index in [0.29, 0.717) is 55.2 Å². The van der Waals surface area contributed by atoms with Crippen LogP contribution in [-0.4, -0.2) is 41.8 Å². The Labute approximate surface area is 243 Å². The maximum atomic E-state index is 12.0. The van der Waals surface area contributed by atoms with E-state index in [4.69, 9.17) is 0 Å². The number of aryl methyl sites for hydroxylation is 2. The molecule has 0 fully saturated rings. The molecule has 8 heteroatoms. The number of aromatic hydroxyl groups is 6. The fourth-order valence-electron chi connectivity index (χ4n) is 5.94. The fourth-order valence-corrected chi connectivity index (χ4v) is 5.94. The number of fused-ring (bicyclic) bond motifs is 2. The molecular formula is C34H34N2O6. The van der Waals surface area contributed by atoms with Gasteiger partial charge in [-0.2, -0.15) is 0 Å². The number of benzene rings is 4. The highest BCUT2D eigenvalue weighted by molar-refractivity contribution is 6.13. The summed E-state index contributed by atoms with van der Waals surface area (Å²) in [6.07, 6.45) is 4.55. The van der Waals surface area contributed by atoms with Gasteiger partial charge >= 0.3 is 0 Å². The van der Waals surface area contributed by atoms with Gasteiger partial charge in [0.2, 0.25) is 0 Å². The molecule has 8 nitrogen and oxygen atoms in total. The van der Waals surface area contributed by atoms with Gasteiger partial charge in [0.1, 0.15) is 11.5 Å². The minimum atomic E-state index is -0.421. The number of aromatic nitrogens is 1. The van der Waals surface area contributed by atoms with Gasteiger partial charge in [-0.1, -0.05) is 39.8 Å². The van der Waals surface area contributed by atoms with Crippen molar-refractivity contribution in [3.05, 3.63) is 70.5 Å². The molecule has 0 spiro atoms. The molecule has 1 aromatic heterocycles. The molecule has 4 aromatic carbocycles. The average molecular weight is 567 g/mol. The lowest BCUT2D eigenvalue weighted by molar-refractivity contribution is 0.398. The normalized spacial score (nSPS) is 12.0. The van der Waals surface area contributed by atoms with Gasteiger partial charge in [0.25, 0.3) is 0 Å². The second-order valence-electron chi connectivity index (χ2n) is 11.3. The number of hydrogen-bond donors (Lipinski definition) is 6. The van der Waals surface area contributed by atoms with Crippen LogP contribution in [0.5, 0.6) is 34.5 Å². The lowest BCUT2D eigenvalue weighted by atomic mass is 9.84. The molecule has 216 valence electrons. The van der Waals surface area contributed by atoms with Gasteiger partial charge in [-0.05, 0) is 65.8 Å². The number of rotatable bonds is 5. The van der Waals surface area contributed by atoms with Gasteiger partial charge in [0.05, 0.1) is 11.3 Å². The van der Waals surface area contributed by atoms with E-state index in [2.05, 4.69) is 9.98 Å². The Hall–Kier alpha value is -4.98. The van der Waals surface area contributed by atoms with Crippen LogP contribution in [0.25, 0.3) is 32.7 Å². The monoisotopic (exact) mass is 566 g/mol. The number of aliphatic imine (C=N–C) groups is 1. The number of pyridine rings is 1. The van der Waals surface area contributed by atoms with Gasteiger partial charge in [0.15, 0.2) is 23.0 Å². The summed E-state index contributed by atoms with van der Waals surface area (Å²) in [4.78, 5) is 8.43. The minimum Gasteiger partial charge on any atom is -0.507 e. The molecule has 0 amide bonds. The van der Waals surface area contributed by atoms with Crippen LogP contribution in [0, 0.1) is 13.8 Å². The zero-order valence-corrected chi connectivity index (χ0v) is 24.4. The number of phenolic OH excluding ortho intramolecular Hbond substituents is 6. The summed E-state index contributed by atoms with van der Waals surface area (Å²) >= 11 is 0. The quantitative estimate of drug-likeness (QED) is 0.0936. The molecular weight excluding hydrogens is 532 g/mol. The van der Waals surface area contributed by atoms with Crippen LogP contribution >= 0.6 is 0 Å². The lowest BCUT2D eigenvalue weighted by Crippen LogP contribution is -2.00. The maximum Gasteiger partial charge on any atom is 0.167 e. The predicted molar refractivity (Wildman–Crippen MR) is 166 cm³/mol. The van der Waals surface area contributed by atoms with E-state index in [-0.39, 0.29) is 51.5 Å². The maximum absolute atomic E-state index is 12.0. The van der Waals surface area contributed by atoms with E-state index in [1.54, 1.807) is 38.4 Å². The van der Waals surface area contributed by atoms with Crippen molar-refractivity contribution >= 4 is 33.4 Å². The van der Waals surface area contributed by atoms with Gasteiger partial charge in [-0.25, -0.2) is 0 Å². The fraction of sp³-hybridized carbons (Fsp3) is 0.235. The summed E-state index contributed by atoms with van der Waals surface area (Å²) in [5.74, 6) is -2.02. The lowest BCUT2D eigenvalue weighted by Gasteiger charge is -2.22. The van der Waals surface area contributed by atoms with E-state index in [1.165, 1.54) is 12.3 Å². The van der Waals surface area contributed by atoms with Crippen LogP contribution in [-0.2, 0) is 0 Å². The molecule has 0 saturated carbocycles. The van der Waals surface area contributed by atoms with Crippen LogP contribution in [0.1, 0.15) is 67.3 Å². The van der Waals surface area contributed by atoms with Gasteiger partial charge in [-0.15, -0.1) is 0 Å². The van der Waals surface area contributed by atoms with Crippen molar-refractivity contribution in [1.29, 1.82) is 0 Å². The van der Waals surface area contributed by atoms with Crippen molar-refractivity contribution in [3.63, 3.8) is 0 Å². The summed E-state index contributed by atoms with van der Waals surface area (Å²) in [6.45, 7) is 11.1. The third kappa shape index (κ3) is 4.40. The third-order valence-corrected chi connectivity index (χ3v) is 7.81. The van der Waals surface area contributed by atoms with Crippen molar-refractivity contribution in [2.75, 3.05) is 0 Å². The summed E-state index contributed by atoms with van der Waals surface area (Å²) in [5, 5.41) is 68.7. The van der Waals surface area contributed by atoms with E-state index in [1.807, 2.05) is 39.8 Å². The van der Waals surface area contributed by atoms with Gasteiger partial charge in [-0.3, -0.25) is 9.98 Å². The summed E-state index contributed by atoms with van der Waals surface area (Å²) in [7, 11) is 0. The predicted octanol–water partition coefficient (Wildman–Crippen LogP) is 7.90. The van der Waals surface area contributed by atoms with Gasteiger partial charge in [0, 0.05) is 51.6 Å². The highest BCUT2D eigenvalue weighted by atomic mass is 16.3. The highest BCUT2D eigenvalue weighted by Gasteiger charge is 2.28. The largest absolute Gasteiger partial charge is 0.507 e. The molecule has 6 N–H and O–H groups in total. The minimum absolute atomic E-state index is 0.116. The van der Waals surface area contributed by atoms with Crippen LogP contribution in [0.15, 0.2) is 47.7 Å². The number of nitrogens with zero attached hydrogens (tertiary/aromatic N) is 2. The molecule has 5 aromatic rings. The molecule has 0 radical (unpaired) electrons. The average Bonchev–Trinajstić information content (AvgIpc) is 2.92. The first kappa shape index (κ1) is 28.5. The third-order valence-electron chi connectivity index (χ3n) is 7.81. The van der Waals surface area contributed by atoms with E-state index < -0.39 is 5.75 Å². The van der Waals surface area contributed by atoms with Crippen molar-refractivity contribution in [2.45, 2.75) is 53.4 Å². The molecule has 0 aliphatic heterocycles.